The number of thioether (sulfide) groups is 1. The Labute approximate surface area is 157 Å². The van der Waals surface area contributed by atoms with Crippen molar-refractivity contribution in [2.45, 2.75) is 25.7 Å². The van der Waals surface area contributed by atoms with Crippen molar-refractivity contribution in [3.05, 3.63) is 64.9 Å². The fraction of sp³-hybridized carbons (Fsp3) is 0.150. The Morgan fingerprint density at radius 1 is 1.08 bits per heavy atom. The van der Waals surface area contributed by atoms with Crippen molar-refractivity contribution in [2.75, 3.05) is 10.6 Å². The molecule has 1 amide bonds. The van der Waals surface area contributed by atoms with Crippen LogP contribution in [0.15, 0.2) is 53.1 Å². The number of thiocyanates is 1. The highest BCUT2D eigenvalue weighted by Crippen LogP contribution is 2.23. The highest BCUT2D eigenvalue weighted by molar-refractivity contribution is 8.03. The van der Waals surface area contributed by atoms with Gasteiger partial charge in [-0.15, -0.1) is 0 Å². The van der Waals surface area contributed by atoms with Crippen LogP contribution in [-0.4, -0.2) is 5.91 Å². The number of hydrogen-bond donors (Lipinski definition) is 2. The molecule has 0 aliphatic rings. The summed E-state index contributed by atoms with van der Waals surface area (Å²) in [6.07, 6.45) is 1.38. The highest BCUT2D eigenvalue weighted by Gasteiger charge is 2.12. The fourth-order valence-corrected chi connectivity index (χ4v) is 2.91. The summed E-state index contributed by atoms with van der Waals surface area (Å²) in [5, 5.41) is 25.7. The van der Waals surface area contributed by atoms with Gasteiger partial charge in [0, 0.05) is 22.5 Å². The molecule has 26 heavy (non-hydrogen) atoms. The third kappa shape index (κ3) is 4.89. The molecule has 0 spiro atoms. The van der Waals surface area contributed by atoms with Crippen LogP contribution in [-0.2, 0) is 4.79 Å². The molecule has 0 atom stereocenters. The van der Waals surface area contributed by atoms with E-state index in [0.717, 1.165) is 44.7 Å². The Bertz CT molecular complexity index is 911. The van der Waals surface area contributed by atoms with Crippen LogP contribution in [0, 0.1) is 42.8 Å². The van der Waals surface area contributed by atoms with E-state index in [1.165, 1.54) is 6.20 Å². The summed E-state index contributed by atoms with van der Waals surface area (Å²) >= 11 is 1.07. The Morgan fingerprint density at radius 3 is 2.23 bits per heavy atom. The van der Waals surface area contributed by atoms with Crippen molar-refractivity contribution in [2.24, 2.45) is 0 Å². The summed E-state index contributed by atoms with van der Waals surface area (Å²) in [4.78, 5) is 13.2. The molecule has 0 aliphatic heterocycles. The molecular formula is C20H18N4OS. The van der Waals surface area contributed by atoms with Gasteiger partial charge in [0.2, 0.25) is 0 Å². The maximum Gasteiger partial charge on any atom is 0.267 e. The third-order valence-electron chi connectivity index (χ3n) is 3.68. The van der Waals surface area contributed by atoms with Gasteiger partial charge in [-0.05, 0) is 67.9 Å². The van der Waals surface area contributed by atoms with E-state index in [1.54, 1.807) is 24.3 Å². The van der Waals surface area contributed by atoms with Gasteiger partial charge in [-0.25, -0.2) is 0 Å². The molecule has 0 unspecified atom stereocenters. The molecule has 0 radical (unpaired) electrons. The van der Waals surface area contributed by atoms with E-state index in [0.29, 0.717) is 0 Å². The molecule has 130 valence electrons. The number of nitrogens with one attached hydrogen (secondary N) is 2. The van der Waals surface area contributed by atoms with Gasteiger partial charge < -0.3 is 10.6 Å². The monoisotopic (exact) mass is 362 g/mol. The zero-order valence-electron chi connectivity index (χ0n) is 14.8. The average molecular weight is 362 g/mol. The zero-order chi connectivity index (χ0) is 19.1. The SMILES string of the molecule is Cc1cc(C)c(NC(=O)/C(C#N)=C\Nc2ccc(SC#N)cc2)c(C)c1. The second-order valence-corrected chi connectivity index (χ2v) is 6.62. The van der Waals surface area contributed by atoms with Crippen LogP contribution < -0.4 is 10.6 Å². The van der Waals surface area contributed by atoms with Gasteiger partial charge in [0.15, 0.2) is 0 Å². The summed E-state index contributed by atoms with van der Waals surface area (Å²) < 4.78 is 0. The molecule has 0 fully saturated rings. The van der Waals surface area contributed by atoms with E-state index in [1.807, 2.05) is 44.4 Å². The number of amides is 1. The lowest BCUT2D eigenvalue weighted by molar-refractivity contribution is -0.112. The maximum absolute atomic E-state index is 12.4. The molecule has 2 rings (SSSR count). The number of hydrogen-bond acceptors (Lipinski definition) is 5. The predicted molar refractivity (Wildman–Crippen MR) is 105 cm³/mol. The molecule has 0 aromatic heterocycles. The standard InChI is InChI=1S/C20H18N4OS/c1-13-8-14(2)19(15(3)9-13)24-20(25)16(10-21)11-23-17-4-6-18(7-5-17)26-12-22/h4-9,11,23H,1-3H3,(H,24,25)/b16-11-. The molecule has 0 saturated carbocycles. The molecular weight excluding hydrogens is 344 g/mol. The molecule has 2 N–H and O–H groups in total. The van der Waals surface area contributed by atoms with Crippen molar-refractivity contribution in [3.63, 3.8) is 0 Å². The Morgan fingerprint density at radius 2 is 1.69 bits per heavy atom. The molecule has 0 aliphatic carbocycles. The largest absolute Gasteiger partial charge is 0.360 e. The predicted octanol–water partition coefficient (Wildman–Crippen LogP) is 4.64. The van der Waals surface area contributed by atoms with Crippen LogP contribution in [0.3, 0.4) is 0 Å². The van der Waals surface area contributed by atoms with Crippen LogP contribution in [0.1, 0.15) is 16.7 Å². The second kappa shape index (κ2) is 8.75. The van der Waals surface area contributed by atoms with Crippen molar-refractivity contribution in [1.29, 1.82) is 10.5 Å². The lowest BCUT2D eigenvalue weighted by Crippen LogP contribution is -2.16. The zero-order valence-corrected chi connectivity index (χ0v) is 15.6. The highest BCUT2D eigenvalue weighted by atomic mass is 32.2. The third-order valence-corrected chi connectivity index (χ3v) is 4.28. The number of nitrogens with zero attached hydrogens (tertiary/aromatic N) is 2. The first-order chi connectivity index (χ1) is 12.4. The molecule has 5 nitrogen and oxygen atoms in total. The molecule has 0 heterocycles. The van der Waals surface area contributed by atoms with E-state index in [9.17, 15) is 10.1 Å². The van der Waals surface area contributed by atoms with Crippen molar-refractivity contribution < 1.29 is 4.79 Å². The van der Waals surface area contributed by atoms with Crippen molar-refractivity contribution >= 4 is 29.0 Å². The van der Waals surface area contributed by atoms with Gasteiger partial charge in [-0.1, -0.05) is 17.7 Å². The van der Waals surface area contributed by atoms with E-state index >= 15 is 0 Å². The number of carbonyl (C=O) groups excluding carboxylic acids is 1. The van der Waals surface area contributed by atoms with Crippen LogP contribution in [0.2, 0.25) is 0 Å². The number of rotatable bonds is 5. The van der Waals surface area contributed by atoms with Gasteiger partial charge in [0.1, 0.15) is 17.0 Å². The van der Waals surface area contributed by atoms with E-state index in [4.69, 9.17) is 5.26 Å². The Kier molecular flexibility index (Phi) is 6.43. The second-order valence-electron chi connectivity index (χ2n) is 5.76. The summed E-state index contributed by atoms with van der Waals surface area (Å²) in [6.45, 7) is 5.84. The van der Waals surface area contributed by atoms with Crippen LogP contribution in [0.25, 0.3) is 0 Å². The minimum absolute atomic E-state index is 0.0279. The first-order valence-corrected chi connectivity index (χ1v) is 8.68. The molecule has 0 bridgehead atoms. The first kappa shape index (κ1) is 19.1. The van der Waals surface area contributed by atoms with Crippen LogP contribution in [0.5, 0.6) is 0 Å². The number of benzene rings is 2. The van der Waals surface area contributed by atoms with Crippen molar-refractivity contribution in [3.8, 4) is 11.5 Å². The Balaban J connectivity index is 2.12. The number of carbonyl (C=O) groups is 1. The average Bonchev–Trinajstić information content (AvgIpc) is 2.60. The summed E-state index contributed by atoms with van der Waals surface area (Å²) in [5.74, 6) is -0.466. The lowest BCUT2D eigenvalue weighted by atomic mass is 10.0. The minimum atomic E-state index is -0.466. The Hall–Kier alpha value is -3.22. The molecule has 6 heteroatoms. The molecule has 2 aromatic carbocycles. The molecule has 0 saturated heterocycles. The van der Waals surface area contributed by atoms with E-state index in [-0.39, 0.29) is 5.57 Å². The van der Waals surface area contributed by atoms with Gasteiger partial charge in [0.25, 0.3) is 5.91 Å². The topological polar surface area (TPSA) is 88.7 Å². The van der Waals surface area contributed by atoms with E-state index in [2.05, 4.69) is 10.6 Å². The number of nitriles is 2. The lowest BCUT2D eigenvalue weighted by Gasteiger charge is -2.12. The van der Waals surface area contributed by atoms with Gasteiger partial charge in [0.05, 0.1) is 0 Å². The summed E-state index contributed by atoms with van der Waals surface area (Å²) in [6, 6.07) is 13.0. The van der Waals surface area contributed by atoms with Crippen molar-refractivity contribution in [1.82, 2.24) is 0 Å². The molecule has 2 aromatic rings. The van der Waals surface area contributed by atoms with Gasteiger partial charge in [-0.2, -0.15) is 10.5 Å². The van der Waals surface area contributed by atoms with Gasteiger partial charge >= 0.3 is 0 Å². The summed E-state index contributed by atoms with van der Waals surface area (Å²) in [7, 11) is 0. The maximum atomic E-state index is 12.4. The number of aryl methyl sites for hydroxylation is 3. The summed E-state index contributed by atoms with van der Waals surface area (Å²) in [5.41, 5.74) is 4.43. The smallest absolute Gasteiger partial charge is 0.267 e. The minimum Gasteiger partial charge on any atom is -0.360 e. The van der Waals surface area contributed by atoms with Crippen LogP contribution >= 0.6 is 11.8 Å². The van der Waals surface area contributed by atoms with Crippen LogP contribution in [0.4, 0.5) is 11.4 Å². The fourth-order valence-electron chi connectivity index (χ4n) is 2.53. The quantitative estimate of drug-likeness (QED) is 0.350. The first-order valence-electron chi connectivity index (χ1n) is 7.86. The van der Waals surface area contributed by atoms with E-state index < -0.39 is 5.91 Å². The normalized spacial score (nSPS) is 10.6. The number of anilines is 2. The van der Waals surface area contributed by atoms with Gasteiger partial charge in [-0.3, -0.25) is 4.79 Å².